The second kappa shape index (κ2) is 10.8. The SMILES string of the molecule is COc1ccc(N2CCN(CCCNC(=O)c3ccc4c(c3)N(C)C(=O)[C@@H]3CCCCN43)CC2)cc1. The highest BCUT2D eigenvalue weighted by Crippen LogP contribution is 2.39. The standard InChI is InChI=1S/C28H37N5O3/c1-30-26-20-21(7-12-24(26)33-15-4-3-6-25(33)28(30)35)27(34)29-13-5-14-31-16-18-32(19-17-31)22-8-10-23(36-2)11-9-22/h7-12,20,25H,3-6,13-19H2,1-2H3,(H,29,34)/t25-/m0/s1. The Morgan fingerprint density at radius 2 is 1.78 bits per heavy atom. The van der Waals surface area contributed by atoms with Gasteiger partial charge in [0.05, 0.1) is 18.5 Å². The number of likely N-dealkylation sites (N-methyl/N-ethyl adjacent to an activating group) is 1. The Morgan fingerprint density at radius 1 is 1.00 bits per heavy atom. The van der Waals surface area contributed by atoms with E-state index in [4.69, 9.17) is 4.74 Å². The van der Waals surface area contributed by atoms with Crippen molar-refractivity contribution >= 4 is 28.9 Å². The summed E-state index contributed by atoms with van der Waals surface area (Å²) in [4.78, 5) is 34.5. The summed E-state index contributed by atoms with van der Waals surface area (Å²) in [6, 6.07) is 13.9. The predicted octanol–water partition coefficient (Wildman–Crippen LogP) is 2.97. The van der Waals surface area contributed by atoms with Crippen LogP contribution in [0.2, 0.25) is 0 Å². The molecule has 0 aliphatic carbocycles. The number of nitrogens with zero attached hydrogens (tertiary/aromatic N) is 4. The van der Waals surface area contributed by atoms with E-state index in [-0.39, 0.29) is 17.9 Å². The van der Waals surface area contributed by atoms with Gasteiger partial charge in [-0.1, -0.05) is 0 Å². The third-order valence-corrected chi connectivity index (χ3v) is 7.77. The molecule has 0 unspecified atom stereocenters. The molecule has 36 heavy (non-hydrogen) atoms. The zero-order chi connectivity index (χ0) is 25.1. The lowest BCUT2D eigenvalue weighted by atomic mass is 9.96. The van der Waals surface area contributed by atoms with Crippen molar-refractivity contribution in [3.05, 3.63) is 48.0 Å². The van der Waals surface area contributed by atoms with Crippen molar-refractivity contribution < 1.29 is 14.3 Å². The zero-order valence-electron chi connectivity index (χ0n) is 21.4. The van der Waals surface area contributed by atoms with Crippen LogP contribution in [-0.4, -0.2) is 82.7 Å². The van der Waals surface area contributed by atoms with Gasteiger partial charge in [-0.05, 0) is 74.7 Å². The third kappa shape index (κ3) is 5.00. The molecule has 3 aliphatic rings. The van der Waals surface area contributed by atoms with E-state index in [9.17, 15) is 9.59 Å². The van der Waals surface area contributed by atoms with Crippen LogP contribution in [0, 0.1) is 0 Å². The highest BCUT2D eigenvalue weighted by molar-refractivity contribution is 6.07. The van der Waals surface area contributed by atoms with E-state index in [1.165, 1.54) is 5.69 Å². The number of anilines is 3. The van der Waals surface area contributed by atoms with E-state index in [1.807, 2.05) is 37.4 Å². The van der Waals surface area contributed by atoms with Crippen LogP contribution < -0.4 is 24.8 Å². The van der Waals surface area contributed by atoms with E-state index in [1.54, 1.807) is 12.0 Å². The molecule has 0 radical (unpaired) electrons. The number of benzene rings is 2. The van der Waals surface area contributed by atoms with E-state index < -0.39 is 0 Å². The molecule has 3 heterocycles. The molecule has 0 saturated carbocycles. The number of hydrogen-bond acceptors (Lipinski definition) is 6. The molecule has 2 aromatic carbocycles. The fourth-order valence-electron chi connectivity index (χ4n) is 5.62. The van der Waals surface area contributed by atoms with Gasteiger partial charge in [0.25, 0.3) is 5.91 Å². The van der Waals surface area contributed by atoms with Crippen molar-refractivity contribution in [1.29, 1.82) is 0 Å². The number of carbonyl (C=O) groups excluding carboxylic acids is 2. The molecular weight excluding hydrogens is 454 g/mol. The summed E-state index contributed by atoms with van der Waals surface area (Å²) in [6.45, 7) is 6.53. The Bertz CT molecular complexity index is 1080. The molecule has 3 aliphatic heterocycles. The lowest BCUT2D eigenvalue weighted by Gasteiger charge is -2.44. The molecule has 0 bridgehead atoms. The first-order valence-electron chi connectivity index (χ1n) is 13.1. The van der Waals surface area contributed by atoms with Crippen LogP contribution in [-0.2, 0) is 4.79 Å². The van der Waals surface area contributed by atoms with Gasteiger partial charge >= 0.3 is 0 Å². The number of amides is 2. The van der Waals surface area contributed by atoms with E-state index in [0.717, 1.165) is 82.1 Å². The number of fused-ring (bicyclic) bond motifs is 3. The first-order chi connectivity index (χ1) is 17.5. The van der Waals surface area contributed by atoms with Gasteiger partial charge in [-0.2, -0.15) is 0 Å². The molecule has 2 amide bonds. The van der Waals surface area contributed by atoms with Gasteiger partial charge in [-0.15, -0.1) is 0 Å². The molecule has 5 rings (SSSR count). The maximum Gasteiger partial charge on any atom is 0.251 e. The van der Waals surface area contributed by atoms with Crippen molar-refractivity contribution in [2.75, 3.05) is 74.7 Å². The van der Waals surface area contributed by atoms with Gasteiger partial charge in [0.1, 0.15) is 11.8 Å². The minimum atomic E-state index is -0.0799. The van der Waals surface area contributed by atoms with Crippen LogP contribution in [0.15, 0.2) is 42.5 Å². The van der Waals surface area contributed by atoms with Crippen molar-refractivity contribution in [3.63, 3.8) is 0 Å². The maximum atomic E-state index is 12.9. The van der Waals surface area contributed by atoms with Gasteiger partial charge in [-0.3, -0.25) is 14.5 Å². The Morgan fingerprint density at radius 3 is 2.53 bits per heavy atom. The fraction of sp³-hybridized carbons (Fsp3) is 0.500. The van der Waals surface area contributed by atoms with Crippen LogP contribution in [0.4, 0.5) is 17.1 Å². The summed E-state index contributed by atoms with van der Waals surface area (Å²) in [6.07, 6.45) is 4.01. The summed E-state index contributed by atoms with van der Waals surface area (Å²) in [7, 11) is 3.51. The van der Waals surface area contributed by atoms with Crippen LogP contribution >= 0.6 is 0 Å². The minimum absolute atomic E-state index is 0.0611. The van der Waals surface area contributed by atoms with Gasteiger partial charge in [0, 0.05) is 57.6 Å². The fourth-order valence-corrected chi connectivity index (χ4v) is 5.62. The summed E-state index contributed by atoms with van der Waals surface area (Å²) in [5.74, 6) is 0.932. The molecule has 2 saturated heterocycles. The molecule has 8 nitrogen and oxygen atoms in total. The molecular formula is C28H37N5O3. The molecule has 192 valence electrons. The number of piperidine rings is 1. The Kier molecular flexibility index (Phi) is 7.32. The quantitative estimate of drug-likeness (QED) is 0.601. The van der Waals surface area contributed by atoms with Crippen LogP contribution in [0.3, 0.4) is 0 Å². The smallest absolute Gasteiger partial charge is 0.251 e. The second-order valence-corrected chi connectivity index (χ2v) is 9.94. The topological polar surface area (TPSA) is 68.4 Å². The van der Waals surface area contributed by atoms with E-state index >= 15 is 0 Å². The Balaban J connectivity index is 1.08. The number of nitrogens with one attached hydrogen (secondary N) is 1. The van der Waals surface area contributed by atoms with Crippen molar-refractivity contribution in [1.82, 2.24) is 10.2 Å². The van der Waals surface area contributed by atoms with Crippen molar-refractivity contribution in [2.45, 2.75) is 31.7 Å². The van der Waals surface area contributed by atoms with Gasteiger partial charge in [-0.25, -0.2) is 0 Å². The van der Waals surface area contributed by atoms with Crippen LogP contribution in [0.25, 0.3) is 0 Å². The summed E-state index contributed by atoms with van der Waals surface area (Å²) in [5, 5.41) is 3.07. The number of piperazine rings is 1. The molecule has 1 atom stereocenters. The van der Waals surface area contributed by atoms with Gasteiger partial charge in [0.15, 0.2) is 0 Å². The first-order valence-corrected chi connectivity index (χ1v) is 13.1. The van der Waals surface area contributed by atoms with Crippen LogP contribution in [0.1, 0.15) is 36.0 Å². The molecule has 2 fully saturated rings. The first kappa shape index (κ1) is 24.4. The Labute approximate surface area is 213 Å². The third-order valence-electron chi connectivity index (χ3n) is 7.77. The number of ether oxygens (including phenoxy) is 1. The monoisotopic (exact) mass is 491 g/mol. The zero-order valence-corrected chi connectivity index (χ0v) is 21.4. The van der Waals surface area contributed by atoms with Gasteiger partial charge < -0.3 is 24.8 Å². The van der Waals surface area contributed by atoms with Crippen LogP contribution in [0.5, 0.6) is 5.75 Å². The average molecular weight is 492 g/mol. The molecule has 0 spiro atoms. The van der Waals surface area contributed by atoms with Crippen molar-refractivity contribution in [2.24, 2.45) is 0 Å². The summed E-state index contributed by atoms with van der Waals surface area (Å²) >= 11 is 0. The summed E-state index contributed by atoms with van der Waals surface area (Å²) < 4.78 is 5.25. The maximum absolute atomic E-state index is 12.9. The van der Waals surface area contributed by atoms with Crippen molar-refractivity contribution in [3.8, 4) is 5.75 Å². The molecule has 1 N–H and O–H groups in total. The van der Waals surface area contributed by atoms with E-state index in [2.05, 4.69) is 32.1 Å². The second-order valence-electron chi connectivity index (χ2n) is 9.94. The highest BCUT2D eigenvalue weighted by atomic mass is 16.5. The van der Waals surface area contributed by atoms with Gasteiger partial charge in [0.2, 0.25) is 5.91 Å². The number of carbonyl (C=O) groups is 2. The highest BCUT2D eigenvalue weighted by Gasteiger charge is 2.38. The minimum Gasteiger partial charge on any atom is -0.497 e. The van der Waals surface area contributed by atoms with E-state index in [0.29, 0.717) is 12.1 Å². The normalized spacial score (nSPS) is 20.1. The largest absolute Gasteiger partial charge is 0.497 e. The Hall–Kier alpha value is -3.26. The number of rotatable bonds is 7. The predicted molar refractivity (Wildman–Crippen MR) is 143 cm³/mol. The average Bonchev–Trinajstić information content (AvgIpc) is 2.94. The number of hydrogen-bond donors (Lipinski definition) is 1. The summed E-state index contributed by atoms with van der Waals surface area (Å²) in [5.41, 5.74) is 3.74. The lowest BCUT2D eigenvalue weighted by Crippen LogP contribution is -2.54. The number of methoxy groups -OCH3 is 1. The molecule has 8 heteroatoms. The molecule has 0 aromatic heterocycles. The lowest BCUT2D eigenvalue weighted by molar-refractivity contribution is -0.120. The molecule has 2 aromatic rings.